The summed E-state index contributed by atoms with van der Waals surface area (Å²) in [4.78, 5) is 17.8. The monoisotopic (exact) mass is 438 g/mol. The summed E-state index contributed by atoms with van der Waals surface area (Å²) in [6, 6.07) is 10.4. The van der Waals surface area contributed by atoms with Gasteiger partial charge in [0.1, 0.15) is 0 Å². The van der Waals surface area contributed by atoms with Crippen molar-refractivity contribution in [2.75, 3.05) is 5.32 Å². The van der Waals surface area contributed by atoms with E-state index in [4.69, 9.17) is 0 Å². The molecule has 0 bridgehead atoms. The summed E-state index contributed by atoms with van der Waals surface area (Å²) in [6.45, 7) is 4.35. The zero-order chi connectivity index (χ0) is 18.8. The summed E-state index contributed by atoms with van der Waals surface area (Å²) >= 11 is 5.26. The highest BCUT2D eigenvalue weighted by Crippen LogP contribution is 2.51. The Morgan fingerprint density at radius 2 is 2.11 bits per heavy atom. The van der Waals surface area contributed by atoms with Crippen molar-refractivity contribution in [1.29, 1.82) is 0 Å². The fourth-order valence-corrected chi connectivity index (χ4v) is 5.69. The molecule has 0 amide bonds. The summed E-state index contributed by atoms with van der Waals surface area (Å²) in [7, 11) is 0. The Kier molecular flexibility index (Phi) is 3.82. The molecule has 3 heterocycles. The normalized spacial score (nSPS) is 21.0. The van der Waals surface area contributed by atoms with Crippen LogP contribution in [0, 0.1) is 5.41 Å². The Labute approximate surface area is 170 Å². The third-order valence-electron chi connectivity index (χ3n) is 5.53. The van der Waals surface area contributed by atoms with Gasteiger partial charge in [-0.3, -0.25) is 9.78 Å². The second kappa shape index (κ2) is 6.01. The standard InChI is InChI=1S/C22H19BrN2OS/c1-22(2)9-16-21(17(26)10-22)19(12-8-18(23)27-11-12)20-13-4-3-7-24-14(13)5-6-15(20)25-16/h3-8,11,19,25H,9-10H2,1-2H3. The predicted molar refractivity (Wildman–Crippen MR) is 114 cm³/mol. The summed E-state index contributed by atoms with van der Waals surface area (Å²) in [5.41, 5.74) is 6.39. The van der Waals surface area contributed by atoms with Crippen LogP contribution in [0.3, 0.4) is 0 Å². The maximum atomic E-state index is 13.3. The van der Waals surface area contributed by atoms with E-state index in [0.29, 0.717) is 6.42 Å². The number of fused-ring (bicyclic) bond motifs is 3. The number of carbonyl (C=O) groups excluding carboxylic acids is 1. The van der Waals surface area contributed by atoms with Crippen LogP contribution in [0.15, 0.2) is 57.0 Å². The van der Waals surface area contributed by atoms with E-state index in [0.717, 1.165) is 43.6 Å². The minimum Gasteiger partial charge on any atom is -0.358 e. The minimum absolute atomic E-state index is 0.0153. The summed E-state index contributed by atoms with van der Waals surface area (Å²) in [5.74, 6) is 0.211. The lowest BCUT2D eigenvalue weighted by Crippen LogP contribution is -2.33. The van der Waals surface area contributed by atoms with E-state index in [9.17, 15) is 4.79 Å². The molecule has 0 radical (unpaired) electrons. The Bertz CT molecular complexity index is 1130. The van der Waals surface area contributed by atoms with Crippen LogP contribution < -0.4 is 5.32 Å². The number of nitrogens with one attached hydrogen (secondary N) is 1. The number of ketones is 1. The number of nitrogens with zero attached hydrogens (tertiary/aromatic N) is 1. The molecule has 0 saturated heterocycles. The third-order valence-corrected chi connectivity index (χ3v) is 7.05. The Morgan fingerprint density at radius 3 is 2.89 bits per heavy atom. The Morgan fingerprint density at radius 1 is 1.26 bits per heavy atom. The van der Waals surface area contributed by atoms with Gasteiger partial charge in [0, 0.05) is 40.9 Å². The van der Waals surface area contributed by atoms with Crippen LogP contribution in [0.1, 0.15) is 43.7 Å². The molecule has 1 aliphatic carbocycles. The Balaban J connectivity index is 1.82. The van der Waals surface area contributed by atoms with E-state index in [-0.39, 0.29) is 17.1 Å². The van der Waals surface area contributed by atoms with Gasteiger partial charge in [-0.25, -0.2) is 0 Å². The molecule has 0 saturated carbocycles. The maximum absolute atomic E-state index is 13.3. The molecular weight excluding hydrogens is 420 g/mol. The number of pyridine rings is 1. The van der Waals surface area contributed by atoms with Crippen molar-refractivity contribution in [3.05, 3.63) is 68.1 Å². The average molecular weight is 439 g/mol. The van der Waals surface area contributed by atoms with Gasteiger partial charge in [0.15, 0.2) is 5.78 Å². The molecule has 3 aromatic rings. The topological polar surface area (TPSA) is 42.0 Å². The number of anilines is 1. The van der Waals surface area contributed by atoms with Crippen LogP contribution >= 0.6 is 27.3 Å². The molecule has 1 atom stereocenters. The smallest absolute Gasteiger partial charge is 0.162 e. The van der Waals surface area contributed by atoms with Crippen molar-refractivity contribution in [3.63, 3.8) is 0 Å². The van der Waals surface area contributed by atoms with Crippen LogP contribution in [0.2, 0.25) is 0 Å². The van der Waals surface area contributed by atoms with Crippen LogP contribution in [0.5, 0.6) is 0 Å². The number of carbonyl (C=O) groups is 1. The van der Waals surface area contributed by atoms with Crippen LogP contribution in [-0.4, -0.2) is 10.8 Å². The molecule has 5 heteroatoms. The van der Waals surface area contributed by atoms with Crippen LogP contribution in [-0.2, 0) is 4.79 Å². The van der Waals surface area contributed by atoms with Gasteiger partial charge in [0.2, 0.25) is 0 Å². The van der Waals surface area contributed by atoms with E-state index in [1.54, 1.807) is 11.3 Å². The molecule has 2 aromatic heterocycles. The first-order valence-corrected chi connectivity index (χ1v) is 10.7. The predicted octanol–water partition coefficient (Wildman–Crippen LogP) is 6.26. The number of halogens is 1. The number of benzene rings is 1. The number of hydrogen-bond donors (Lipinski definition) is 1. The van der Waals surface area contributed by atoms with Gasteiger partial charge in [0.25, 0.3) is 0 Å². The van der Waals surface area contributed by atoms with E-state index < -0.39 is 0 Å². The van der Waals surface area contributed by atoms with Gasteiger partial charge in [-0.05, 0) is 68.5 Å². The van der Waals surface area contributed by atoms with Gasteiger partial charge in [-0.15, -0.1) is 11.3 Å². The lowest BCUT2D eigenvalue weighted by Gasteiger charge is -2.39. The van der Waals surface area contributed by atoms with E-state index in [1.165, 1.54) is 5.56 Å². The molecule has 1 N–H and O–H groups in total. The molecule has 136 valence electrons. The maximum Gasteiger partial charge on any atom is 0.162 e. The molecule has 2 aliphatic rings. The van der Waals surface area contributed by atoms with Gasteiger partial charge in [-0.1, -0.05) is 19.9 Å². The number of thiophene rings is 1. The van der Waals surface area contributed by atoms with Crippen molar-refractivity contribution in [2.24, 2.45) is 5.41 Å². The van der Waals surface area contributed by atoms with E-state index in [1.807, 2.05) is 12.3 Å². The van der Waals surface area contributed by atoms with Gasteiger partial charge in [0.05, 0.1) is 9.30 Å². The molecule has 1 unspecified atom stereocenters. The second-order valence-corrected chi connectivity index (χ2v) is 10.5. The highest BCUT2D eigenvalue weighted by molar-refractivity contribution is 9.11. The molecule has 5 rings (SSSR count). The number of hydrogen-bond acceptors (Lipinski definition) is 4. The highest BCUT2D eigenvalue weighted by atomic mass is 79.9. The van der Waals surface area contributed by atoms with Crippen molar-refractivity contribution in [1.82, 2.24) is 4.98 Å². The molecule has 0 spiro atoms. The van der Waals surface area contributed by atoms with Crippen LogP contribution in [0.25, 0.3) is 10.9 Å². The molecule has 3 nitrogen and oxygen atoms in total. The van der Waals surface area contributed by atoms with Gasteiger partial charge in [-0.2, -0.15) is 0 Å². The summed E-state index contributed by atoms with van der Waals surface area (Å²) in [6.07, 6.45) is 3.30. The number of Topliss-reactive ketones (excluding diaryl/α,β-unsaturated/α-hetero) is 1. The quantitative estimate of drug-likeness (QED) is 0.487. The zero-order valence-electron chi connectivity index (χ0n) is 15.2. The van der Waals surface area contributed by atoms with Crippen molar-refractivity contribution in [3.8, 4) is 0 Å². The number of allylic oxidation sites excluding steroid dienone is 2. The highest BCUT2D eigenvalue weighted by Gasteiger charge is 2.41. The molecular formula is C22H19BrN2OS. The fraction of sp³-hybridized carbons (Fsp3) is 0.273. The first-order chi connectivity index (χ1) is 12.9. The lowest BCUT2D eigenvalue weighted by molar-refractivity contribution is -0.118. The minimum atomic E-state index is -0.0460. The lowest BCUT2D eigenvalue weighted by atomic mass is 9.68. The molecule has 1 aromatic carbocycles. The van der Waals surface area contributed by atoms with Gasteiger partial charge >= 0.3 is 0 Å². The number of rotatable bonds is 1. The largest absolute Gasteiger partial charge is 0.358 e. The SMILES string of the molecule is CC1(C)CC(=O)C2=C(C1)Nc1ccc3ncccc3c1C2c1csc(Br)c1. The molecule has 27 heavy (non-hydrogen) atoms. The van der Waals surface area contributed by atoms with E-state index >= 15 is 0 Å². The fourth-order valence-electron chi connectivity index (χ4n) is 4.49. The second-order valence-electron chi connectivity index (χ2n) is 8.17. The van der Waals surface area contributed by atoms with Crippen LogP contribution in [0.4, 0.5) is 5.69 Å². The van der Waals surface area contributed by atoms with Crippen molar-refractivity contribution in [2.45, 2.75) is 32.6 Å². The third kappa shape index (κ3) is 2.75. The summed E-state index contributed by atoms with van der Waals surface area (Å²) < 4.78 is 1.08. The molecule has 0 fully saturated rings. The van der Waals surface area contributed by atoms with E-state index in [2.05, 4.69) is 69.7 Å². The molecule has 1 aliphatic heterocycles. The number of aromatic nitrogens is 1. The first-order valence-electron chi connectivity index (χ1n) is 9.08. The van der Waals surface area contributed by atoms with Crippen molar-refractivity contribution < 1.29 is 4.79 Å². The van der Waals surface area contributed by atoms with Gasteiger partial charge < -0.3 is 5.32 Å². The first kappa shape index (κ1) is 17.1. The summed E-state index contributed by atoms with van der Waals surface area (Å²) in [5, 5.41) is 6.88. The zero-order valence-corrected chi connectivity index (χ0v) is 17.6. The average Bonchev–Trinajstić information content (AvgIpc) is 3.04. The van der Waals surface area contributed by atoms with Crippen molar-refractivity contribution >= 4 is 49.6 Å². The Hall–Kier alpha value is -1.98.